The Kier molecular flexibility index (Phi) is 4.77. The van der Waals surface area contributed by atoms with E-state index in [9.17, 15) is 0 Å². The first kappa shape index (κ1) is 11.7. The standard InChI is InChI=1S/C11H15N3S/c1-3-8-12-14-11(15)13-10-6-4-9(2)5-7-10/h4-8H,3H2,1-2H3,(H2,13,14,15). The number of hydrogen-bond acceptors (Lipinski definition) is 2. The zero-order chi connectivity index (χ0) is 11.1. The topological polar surface area (TPSA) is 36.4 Å². The molecule has 15 heavy (non-hydrogen) atoms. The van der Waals surface area contributed by atoms with Gasteiger partial charge in [0.1, 0.15) is 0 Å². The molecule has 0 spiro atoms. The Balaban J connectivity index is 2.44. The maximum absolute atomic E-state index is 5.05. The molecule has 2 N–H and O–H groups in total. The van der Waals surface area contributed by atoms with E-state index in [0.717, 1.165) is 12.1 Å². The van der Waals surface area contributed by atoms with Crippen molar-refractivity contribution < 1.29 is 0 Å². The van der Waals surface area contributed by atoms with Gasteiger partial charge in [-0.15, -0.1) is 0 Å². The van der Waals surface area contributed by atoms with Crippen LogP contribution in [0.25, 0.3) is 0 Å². The van der Waals surface area contributed by atoms with Gasteiger partial charge in [-0.1, -0.05) is 24.6 Å². The van der Waals surface area contributed by atoms with Crippen molar-refractivity contribution in [3.63, 3.8) is 0 Å². The second-order valence-corrected chi connectivity index (χ2v) is 3.56. The van der Waals surface area contributed by atoms with Crippen LogP contribution in [-0.2, 0) is 0 Å². The van der Waals surface area contributed by atoms with Gasteiger partial charge in [-0.25, -0.2) is 0 Å². The summed E-state index contributed by atoms with van der Waals surface area (Å²) in [5, 5.41) is 7.46. The molecule has 1 aromatic carbocycles. The maximum Gasteiger partial charge on any atom is 0.191 e. The van der Waals surface area contributed by atoms with E-state index in [1.807, 2.05) is 38.1 Å². The van der Waals surface area contributed by atoms with Gasteiger partial charge in [0.2, 0.25) is 0 Å². The normalized spacial score (nSPS) is 10.3. The fourth-order valence-electron chi connectivity index (χ4n) is 0.991. The average Bonchev–Trinajstić information content (AvgIpc) is 2.22. The van der Waals surface area contributed by atoms with Gasteiger partial charge in [0.25, 0.3) is 0 Å². The first-order chi connectivity index (χ1) is 7.22. The van der Waals surface area contributed by atoms with E-state index in [2.05, 4.69) is 15.8 Å². The molecule has 0 atom stereocenters. The number of hydrazone groups is 1. The molecule has 0 saturated heterocycles. The number of nitrogens with zero attached hydrogens (tertiary/aromatic N) is 1. The van der Waals surface area contributed by atoms with Crippen molar-refractivity contribution in [1.82, 2.24) is 5.43 Å². The highest BCUT2D eigenvalue weighted by molar-refractivity contribution is 7.80. The first-order valence-corrected chi connectivity index (χ1v) is 5.28. The molecule has 0 aliphatic carbocycles. The molecule has 80 valence electrons. The lowest BCUT2D eigenvalue weighted by Crippen LogP contribution is -2.23. The van der Waals surface area contributed by atoms with Gasteiger partial charge >= 0.3 is 0 Å². The molecule has 1 aromatic rings. The van der Waals surface area contributed by atoms with Crippen LogP contribution in [0.4, 0.5) is 5.69 Å². The second-order valence-electron chi connectivity index (χ2n) is 3.15. The average molecular weight is 221 g/mol. The number of anilines is 1. The van der Waals surface area contributed by atoms with Crippen molar-refractivity contribution in [2.24, 2.45) is 5.10 Å². The summed E-state index contributed by atoms with van der Waals surface area (Å²) in [6.07, 6.45) is 2.66. The third kappa shape index (κ3) is 4.56. The highest BCUT2D eigenvalue weighted by atomic mass is 32.1. The van der Waals surface area contributed by atoms with E-state index in [1.165, 1.54) is 5.56 Å². The summed E-state index contributed by atoms with van der Waals surface area (Å²) < 4.78 is 0. The van der Waals surface area contributed by atoms with Gasteiger partial charge in [0.15, 0.2) is 5.11 Å². The predicted molar refractivity (Wildman–Crippen MR) is 69.3 cm³/mol. The number of hydrogen-bond donors (Lipinski definition) is 2. The predicted octanol–water partition coefficient (Wildman–Crippen LogP) is 2.68. The Morgan fingerprint density at radius 2 is 2.07 bits per heavy atom. The molecule has 0 amide bonds. The van der Waals surface area contributed by atoms with E-state index in [4.69, 9.17) is 12.2 Å². The molecule has 0 radical (unpaired) electrons. The molecule has 0 saturated carbocycles. The smallest absolute Gasteiger partial charge is 0.191 e. The molecule has 0 aliphatic rings. The molecule has 4 heteroatoms. The van der Waals surface area contributed by atoms with Crippen LogP contribution >= 0.6 is 12.2 Å². The van der Waals surface area contributed by atoms with Gasteiger partial charge in [-0.2, -0.15) is 5.10 Å². The van der Waals surface area contributed by atoms with Crippen molar-refractivity contribution in [2.75, 3.05) is 5.32 Å². The Morgan fingerprint density at radius 1 is 1.40 bits per heavy atom. The summed E-state index contributed by atoms with van der Waals surface area (Å²) in [5.74, 6) is 0. The van der Waals surface area contributed by atoms with Crippen LogP contribution in [0.15, 0.2) is 29.4 Å². The van der Waals surface area contributed by atoms with E-state index >= 15 is 0 Å². The number of aryl methyl sites for hydroxylation is 1. The van der Waals surface area contributed by atoms with Crippen molar-refractivity contribution >= 4 is 29.2 Å². The Bertz CT molecular complexity index is 343. The molecule has 0 aromatic heterocycles. The fourth-order valence-corrected chi connectivity index (χ4v) is 1.16. The Morgan fingerprint density at radius 3 is 2.67 bits per heavy atom. The number of rotatable bonds is 3. The lowest BCUT2D eigenvalue weighted by Gasteiger charge is -2.06. The molecular formula is C11H15N3S. The quantitative estimate of drug-likeness (QED) is 0.468. The SMILES string of the molecule is CCC=NNC(=S)Nc1ccc(C)cc1. The van der Waals surface area contributed by atoms with Crippen LogP contribution in [0.1, 0.15) is 18.9 Å². The van der Waals surface area contributed by atoms with Crippen LogP contribution < -0.4 is 10.7 Å². The highest BCUT2D eigenvalue weighted by Gasteiger charge is 1.94. The highest BCUT2D eigenvalue weighted by Crippen LogP contribution is 2.07. The van der Waals surface area contributed by atoms with E-state index in [-0.39, 0.29) is 0 Å². The molecule has 0 bridgehead atoms. The van der Waals surface area contributed by atoms with Crippen molar-refractivity contribution in [2.45, 2.75) is 20.3 Å². The van der Waals surface area contributed by atoms with Gasteiger partial charge in [-0.05, 0) is 37.7 Å². The maximum atomic E-state index is 5.05. The lowest BCUT2D eigenvalue weighted by molar-refractivity contribution is 1.04. The summed E-state index contributed by atoms with van der Waals surface area (Å²) in [6.45, 7) is 4.06. The lowest BCUT2D eigenvalue weighted by atomic mass is 10.2. The van der Waals surface area contributed by atoms with Crippen LogP contribution in [0.2, 0.25) is 0 Å². The second kappa shape index (κ2) is 6.14. The molecule has 0 heterocycles. The first-order valence-electron chi connectivity index (χ1n) is 4.87. The van der Waals surface area contributed by atoms with Crippen molar-refractivity contribution in [3.8, 4) is 0 Å². The number of nitrogens with one attached hydrogen (secondary N) is 2. The summed E-state index contributed by atoms with van der Waals surface area (Å²) in [6, 6.07) is 8.01. The van der Waals surface area contributed by atoms with Crippen LogP contribution in [0, 0.1) is 6.92 Å². The van der Waals surface area contributed by atoms with E-state index in [0.29, 0.717) is 5.11 Å². The molecular weight excluding hydrogens is 206 g/mol. The van der Waals surface area contributed by atoms with Gasteiger partial charge < -0.3 is 5.32 Å². The van der Waals surface area contributed by atoms with Crippen molar-refractivity contribution in [1.29, 1.82) is 0 Å². The van der Waals surface area contributed by atoms with Gasteiger partial charge in [0, 0.05) is 11.9 Å². The zero-order valence-corrected chi connectivity index (χ0v) is 9.77. The molecule has 3 nitrogen and oxygen atoms in total. The molecule has 0 fully saturated rings. The molecule has 0 aliphatic heterocycles. The minimum absolute atomic E-state index is 0.503. The van der Waals surface area contributed by atoms with E-state index < -0.39 is 0 Å². The van der Waals surface area contributed by atoms with Crippen LogP contribution in [-0.4, -0.2) is 11.3 Å². The minimum Gasteiger partial charge on any atom is -0.331 e. The minimum atomic E-state index is 0.503. The van der Waals surface area contributed by atoms with Gasteiger partial charge in [-0.3, -0.25) is 5.43 Å². The van der Waals surface area contributed by atoms with Crippen LogP contribution in [0.5, 0.6) is 0 Å². The monoisotopic (exact) mass is 221 g/mol. The summed E-state index contributed by atoms with van der Waals surface area (Å²) in [5.41, 5.74) is 4.92. The number of thiocarbonyl (C=S) groups is 1. The summed E-state index contributed by atoms with van der Waals surface area (Å²) >= 11 is 5.05. The largest absolute Gasteiger partial charge is 0.331 e. The summed E-state index contributed by atoms with van der Waals surface area (Å²) in [7, 11) is 0. The Hall–Kier alpha value is -1.42. The summed E-state index contributed by atoms with van der Waals surface area (Å²) in [4.78, 5) is 0. The third-order valence-electron chi connectivity index (χ3n) is 1.75. The number of benzene rings is 1. The molecule has 1 rings (SSSR count). The van der Waals surface area contributed by atoms with E-state index in [1.54, 1.807) is 6.21 Å². The Labute approximate surface area is 95.6 Å². The fraction of sp³-hybridized carbons (Fsp3) is 0.273. The zero-order valence-electron chi connectivity index (χ0n) is 8.95. The third-order valence-corrected chi connectivity index (χ3v) is 1.94. The van der Waals surface area contributed by atoms with Crippen molar-refractivity contribution in [3.05, 3.63) is 29.8 Å². The van der Waals surface area contributed by atoms with Gasteiger partial charge in [0.05, 0.1) is 0 Å². The van der Waals surface area contributed by atoms with Crippen LogP contribution in [0.3, 0.4) is 0 Å². The molecule has 0 unspecified atom stereocenters.